The molecule has 4 rings (SSSR count). The van der Waals surface area contributed by atoms with Crippen molar-refractivity contribution in [3.05, 3.63) is 84.2 Å². The summed E-state index contributed by atoms with van der Waals surface area (Å²) >= 11 is 6.98. The SMILES string of the molecule is Cc1ccc(F)cc1C(=O)c1c(Br)cc2c(c1Br)n(C)c(=O)n2Cc1ccn[nH]1. The predicted octanol–water partition coefficient (Wildman–Crippen LogP) is 4.31. The molecular formula is C20H15Br2FN4O2. The molecule has 0 atom stereocenters. The van der Waals surface area contributed by atoms with E-state index in [0.29, 0.717) is 37.7 Å². The summed E-state index contributed by atoms with van der Waals surface area (Å²) in [6.45, 7) is 2.06. The highest BCUT2D eigenvalue weighted by Crippen LogP contribution is 2.35. The third-order valence-corrected chi connectivity index (χ3v) is 6.27. The lowest BCUT2D eigenvalue weighted by Gasteiger charge is -2.11. The second-order valence-electron chi connectivity index (χ2n) is 6.71. The van der Waals surface area contributed by atoms with Crippen LogP contribution in [0.1, 0.15) is 27.2 Å². The first-order valence-electron chi connectivity index (χ1n) is 8.66. The summed E-state index contributed by atoms with van der Waals surface area (Å²) in [6, 6.07) is 7.64. The maximum atomic E-state index is 13.7. The number of benzene rings is 2. The van der Waals surface area contributed by atoms with Gasteiger partial charge in [0.15, 0.2) is 5.78 Å². The van der Waals surface area contributed by atoms with E-state index in [1.807, 2.05) is 0 Å². The molecule has 0 saturated heterocycles. The molecule has 0 amide bonds. The largest absolute Gasteiger partial charge is 0.329 e. The molecule has 9 heteroatoms. The Morgan fingerprint density at radius 1 is 1.24 bits per heavy atom. The number of fused-ring (bicyclic) bond motifs is 1. The van der Waals surface area contributed by atoms with Crippen LogP contribution in [-0.4, -0.2) is 25.1 Å². The van der Waals surface area contributed by atoms with Gasteiger partial charge in [-0.25, -0.2) is 9.18 Å². The average Bonchev–Trinajstić information content (AvgIpc) is 3.26. The molecule has 0 aliphatic rings. The Morgan fingerprint density at radius 3 is 2.69 bits per heavy atom. The zero-order valence-electron chi connectivity index (χ0n) is 15.5. The highest BCUT2D eigenvalue weighted by Gasteiger charge is 2.24. The van der Waals surface area contributed by atoms with Crippen LogP contribution in [0.2, 0.25) is 0 Å². The minimum absolute atomic E-state index is 0.228. The van der Waals surface area contributed by atoms with Gasteiger partial charge in [-0.3, -0.25) is 19.0 Å². The lowest BCUT2D eigenvalue weighted by atomic mass is 9.98. The van der Waals surface area contributed by atoms with Gasteiger partial charge in [0.25, 0.3) is 0 Å². The van der Waals surface area contributed by atoms with Gasteiger partial charge in [-0.1, -0.05) is 6.07 Å². The normalized spacial score (nSPS) is 11.3. The molecular weight excluding hydrogens is 507 g/mol. The molecule has 0 aliphatic heterocycles. The van der Waals surface area contributed by atoms with E-state index >= 15 is 0 Å². The predicted molar refractivity (Wildman–Crippen MR) is 115 cm³/mol. The van der Waals surface area contributed by atoms with Gasteiger partial charge >= 0.3 is 5.69 Å². The summed E-state index contributed by atoms with van der Waals surface area (Å²) in [5, 5.41) is 6.76. The van der Waals surface area contributed by atoms with Crippen molar-refractivity contribution in [1.29, 1.82) is 0 Å². The van der Waals surface area contributed by atoms with Crippen molar-refractivity contribution in [2.45, 2.75) is 13.5 Å². The molecule has 148 valence electrons. The number of hydrogen-bond donors (Lipinski definition) is 1. The Morgan fingerprint density at radius 2 is 2.00 bits per heavy atom. The van der Waals surface area contributed by atoms with Crippen LogP contribution in [0, 0.1) is 12.7 Å². The van der Waals surface area contributed by atoms with Crippen molar-refractivity contribution in [3.8, 4) is 0 Å². The maximum Gasteiger partial charge on any atom is 0.329 e. The molecule has 1 N–H and O–H groups in total. The number of rotatable bonds is 4. The van der Waals surface area contributed by atoms with Crippen LogP contribution in [0.4, 0.5) is 4.39 Å². The van der Waals surface area contributed by atoms with Crippen molar-refractivity contribution >= 4 is 48.7 Å². The number of aryl methyl sites for hydroxylation is 2. The van der Waals surface area contributed by atoms with Gasteiger partial charge in [-0.05, 0) is 68.6 Å². The summed E-state index contributed by atoms with van der Waals surface area (Å²) in [4.78, 5) is 26.1. The van der Waals surface area contributed by atoms with Gasteiger partial charge in [0, 0.05) is 23.3 Å². The lowest BCUT2D eigenvalue weighted by Crippen LogP contribution is -2.22. The van der Waals surface area contributed by atoms with E-state index in [1.165, 1.54) is 16.7 Å². The average molecular weight is 522 g/mol. The number of halogens is 3. The molecule has 0 unspecified atom stereocenters. The number of aromatic nitrogens is 4. The lowest BCUT2D eigenvalue weighted by molar-refractivity contribution is 0.103. The second-order valence-corrected chi connectivity index (χ2v) is 8.36. The standard InChI is InChI=1S/C20H15Br2FN4O2/c1-10-3-4-11(23)7-13(10)19(28)16-14(21)8-15-18(17(16)22)26(2)20(29)27(15)9-12-5-6-24-25-12/h3-8H,9H2,1-2H3,(H,24,25). The number of nitrogens with zero attached hydrogens (tertiary/aromatic N) is 3. The van der Waals surface area contributed by atoms with Crippen molar-refractivity contribution in [1.82, 2.24) is 19.3 Å². The van der Waals surface area contributed by atoms with Gasteiger partial charge in [0.1, 0.15) is 5.82 Å². The number of ketones is 1. The van der Waals surface area contributed by atoms with Gasteiger partial charge < -0.3 is 0 Å². The molecule has 0 bridgehead atoms. The summed E-state index contributed by atoms with van der Waals surface area (Å²) < 4.78 is 17.8. The molecule has 2 heterocycles. The van der Waals surface area contributed by atoms with E-state index < -0.39 is 5.82 Å². The van der Waals surface area contributed by atoms with E-state index in [-0.39, 0.29) is 17.0 Å². The number of hydrogen-bond acceptors (Lipinski definition) is 3. The van der Waals surface area contributed by atoms with Crippen LogP contribution >= 0.6 is 31.9 Å². The molecule has 0 aliphatic carbocycles. The maximum absolute atomic E-state index is 13.7. The summed E-state index contributed by atoms with van der Waals surface area (Å²) in [6.07, 6.45) is 1.62. The number of nitrogens with one attached hydrogen (secondary N) is 1. The summed E-state index contributed by atoms with van der Waals surface area (Å²) in [7, 11) is 1.65. The molecule has 0 fully saturated rings. The number of carbonyl (C=O) groups is 1. The topological polar surface area (TPSA) is 72.7 Å². The fraction of sp³-hybridized carbons (Fsp3) is 0.150. The van der Waals surface area contributed by atoms with E-state index in [9.17, 15) is 14.0 Å². The first-order valence-corrected chi connectivity index (χ1v) is 10.2. The van der Waals surface area contributed by atoms with Crippen LogP contribution in [0.5, 0.6) is 0 Å². The van der Waals surface area contributed by atoms with Crippen LogP contribution in [0.15, 0.2) is 50.3 Å². The van der Waals surface area contributed by atoms with Gasteiger partial charge in [-0.2, -0.15) is 5.10 Å². The third kappa shape index (κ3) is 3.28. The Balaban J connectivity index is 1.94. The first kappa shape index (κ1) is 19.8. The van der Waals surface area contributed by atoms with Crippen molar-refractivity contribution < 1.29 is 9.18 Å². The smallest absolute Gasteiger partial charge is 0.294 e. The van der Waals surface area contributed by atoms with Crippen molar-refractivity contribution in [2.75, 3.05) is 0 Å². The molecule has 2 aromatic heterocycles. The molecule has 6 nitrogen and oxygen atoms in total. The quantitative estimate of drug-likeness (QED) is 0.406. The van der Waals surface area contributed by atoms with Gasteiger partial charge in [-0.15, -0.1) is 0 Å². The monoisotopic (exact) mass is 520 g/mol. The van der Waals surface area contributed by atoms with Crippen LogP contribution in [0.3, 0.4) is 0 Å². The first-order chi connectivity index (χ1) is 13.8. The third-order valence-electron chi connectivity index (χ3n) is 4.87. The highest BCUT2D eigenvalue weighted by molar-refractivity contribution is 9.11. The van der Waals surface area contributed by atoms with E-state index in [4.69, 9.17) is 0 Å². The minimum atomic E-state index is -0.481. The van der Waals surface area contributed by atoms with E-state index in [2.05, 4.69) is 42.1 Å². The molecule has 2 aromatic carbocycles. The van der Waals surface area contributed by atoms with E-state index in [1.54, 1.807) is 42.9 Å². The zero-order valence-corrected chi connectivity index (χ0v) is 18.6. The summed E-state index contributed by atoms with van der Waals surface area (Å²) in [5.41, 5.74) is 3.05. The van der Waals surface area contributed by atoms with Crippen molar-refractivity contribution in [2.24, 2.45) is 7.05 Å². The number of imidazole rings is 1. The fourth-order valence-corrected chi connectivity index (χ4v) is 5.10. The minimum Gasteiger partial charge on any atom is -0.294 e. The van der Waals surface area contributed by atoms with Crippen LogP contribution in [-0.2, 0) is 13.6 Å². The summed E-state index contributed by atoms with van der Waals surface area (Å²) in [5.74, 6) is -0.818. The zero-order chi connectivity index (χ0) is 20.9. The Labute approximate surface area is 181 Å². The fourth-order valence-electron chi connectivity index (χ4n) is 3.38. The number of aromatic amines is 1. The van der Waals surface area contributed by atoms with Crippen molar-refractivity contribution in [3.63, 3.8) is 0 Å². The van der Waals surface area contributed by atoms with Gasteiger partial charge in [0.2, 0.25) is 0 Å². The second kappa shape index (κ2) is 7.38. The van der Waals surface area contributed by atoms with Gasteiger partial charge in [0.05, 0.1) is 33.3 Å². The highest BCUT2D eigenvalue weighted by atomic mass is 79.9. The Bertz CT molecular complexity index is 1320. The Hall–Kier alpha value is -2.52. The van der Waals surface area contributed by atoms with E-state index in [0.717, 1.165) is 5.69 Å². The number of H-pyrrole nitrogens is 1. The van der Waals surface area contributed by atoms with Crippen LogP contribution in [0.25, 0.3) is 11.0 Å². The molecule has 0 radical (unpaired) electrons. The molecule has 4 aromatic rings. The molecule has 29 heavy (non-hydrogen) atoms. The molecule has 0 spiro atoms. The van der Waals surface area contributed by atoms with Crippen LogP contribution < -0.4 is 5.69 Å². The number of carbonyl (C=O) groups excluding carboxylic acids is 1. The Kier molecular flexibility index (Phi) is 5.04. The molecule has 0 saturated carbocycles.